The van der Waals surface area contributed by atoms with E-state index in [1.807, 2.05) is 19.1 Å². The van der Waals surface area contributed by atoms with E-state index in [-0.39, 0.29) is 5.75 Å². The maximum absolute atomic E-state index is 10.9. The third-order valence-electron chi connectivity index (χ3n) is 2.48. The predicted octanol–water partition coefficient (Wildman–Crippen LogP) is 2.58. The van der Waals surface area contributed by atoms with Crippen LogP contribution in [0.2, 0.25) is 0 Å². The molecule has 2 rings (SSSR count). The molecule has 0 aliphatic rings. The molecular formula is C13H11NO2. The monoisotopic (exact) mass is 213 g/mol. The second-order valence-electron chi connectivity index (χ2n) is 3.53. The third kappa shape index (κ3) is 1.67. The van der Waals surface area contributed by atoms with Gasteiger partial charge in [-0.3, -0.25) is 9.78 Å². The molecule has 1 heterocycles. The summed E-state index contributed by atoms with van der Waals surface area (Å²) in [5, 5.41) is 9.93. The average Bonchev–Trinajstić information content (AvgIpc) is 2.33. The van der Waals surface area contributed by atoms with Gasteiger partial charge in [-0.05, 0) is 18.6 Å². The molecule has 0 spiro atoms. The number of benzene rings is 1. The number of pyridine rings is 1. The van der Waals surface area contributed by atoms with Crippen LogP contribution in [-0.2, 0) is 0 Å². The van der Waals surface area contributed by atoms with E-state index in [2.05, 4.69) is 4.98 Å². The molecule has 0 fully saturated rings. The predicted molar refractivity (Wildman–Crippen MR) is 61.5 cm³/mol. The molecule has 0 aliphatic carbocycles. The van der Waals surface area contributed by atoms with Gasteiger partial charge in [-0.2, -0.15) is 0 Å². The molecule has 0 unspecified atom stereocenters. The molecule has 1 aromatic carbocycles. The number of para-hydroxylation sites is 1. The Labute approximate surface area is 93.4 Å². The SMILES string of the molecule is Cc1cccc(-c2cccnc2C=O)c1O. The smallest absolute Gasteiger partial charge is 0.169 e. The second-order valence-corrected chi connectivity index (χ2v) is 3.53. The molecule has 0 atom stereocenters. The number of rotatable bonds is 2. The van der Waals surface area contributed by atoms with Crippen LogP contribution in [-0.4, -0.2) is 16.4 Å². The summed E-state index contributed by atoms with van der Waals surface area (Å²) in [5.74, 6) is 0.193. The highest BCUT2D eigenvalue weighted by Gasteiger charge is 2.10. The van der Waals surface area contributed by atoms with E-state index < -0.39 is 0 Å². The first-order valence-corrected chi connectivity index (χ1v) is 4.93. The lowest BCUT2D eigenvalue weighted by atomic mass is 10.0. The highest BCUT2D eigenvalue weighted by Crippen LogP contribution is 2.32. The molecule has 3 nitrogen and oxygen atoms in total. The molecule has 0 radical (unpaired) electrons. The van der Waals surface area contributed by atoms with Gasteiger partial charge in [0, 0.05) is 17.3 Å². The zero-order valence-corrected chi connectivity index (χ0v) is 8.84. The Morgan fingerprint density at radius 3 is 2.69 bits per heavy atom. The van der Waals surface area contributed by atoms with Crippen molar-refractivity contribution >= 4 is 6.29 Å². The summed E-state index contributed by atoms with van der Waals surface area (Å²) in [4.78, 5) is 14.8. The van der Waals surface area contributed by atoms with Crippen LogP contribution in [0.25, 0.3) is 11.1 Å². The van der Waals surface area contributed by atoms with Crippen molar-refractivity contribution in [2.24, 2.45) is 0 Å². The summed E-state index contributed by atoms with van der Waals surface area (Å²) in [7, 11) is 0. The Kier molecular flexibility index (Phi) is 2.68. The first-order valence-electron chi connectivity index (χ1n) is 4.93. The molecule has 1 N–H and O–H groups in total. The molecule has 0 saturated carbocycles. The maximum atomic E-state index is 10.9. The summed E-state index contributed by atoms with van der Waals surface area (Å²) in [6, 6.07) is 8.93. The summed E-state index contributed by atoms with van der Waals surface area (Å²) in [6.45, 7) is 1.82. The number of aromatic hydroxyl groups is 1. The fraction of sp³-hybridized carbons (Fsp3) is 0.0769. The number of carbonyl (C=O) groups is 1. The first-order chi connectivity index (χ1) is 7.74. The molecule has 0 amide bonds. The van der Waals surface area contributed by atoms with Crippen molar-refractivity contribution < 1.29 is 9.90 Å². The Bertz CT molecular complexity index is 535. The zero-order chi connectivity index (χ0) is 11.5. The van der Waals surface area contributed by atoms with Crippen LogP contribution in [0.3, 0.4) is 0 Å². The highest BCUT2D eigenvalue weighted by atomic mass is 16.3. The van der Waals surface area contributed by atoms with E-state index in [0.29, 0.717) is 23.1 Å². The summed E-state index contributed by atoms with van der Waals surface area (Å²) in [6.07, 6.45) is 2.25. The topological polar surface area (TPSA) is 50.2 Å². The van der Waals surface area contributed by atoms with Crippen molar-refractivity contribution in [1.82, 2.24) is 4.98 Å². The van der Waals surface area contributed by atoms with Crippen molar-refractivity contribution in [3.05, 3.63) is 47.8 Å². The van der Waals surface area contributed by atoms with Crippen LogP contribution in [0, 0.1) is 6.92 Å². The van der Waals surface area contributed by atoms with Gasteiger partial charge in [-0.1, -0.05) is 24.3 Å². The molecule has 16 heavy (non-hydrogen) atoms. The minimum absolute atomic E-state index is 0.193. The van der Waals surface area contributed by atoms with E-state index in [9.17, 15) is 9.90 Å². The lowest BCUT2D eigenvalue weighted by Crippen LogP contribution is -1.92. The molecule has 1 aromatic heterocycles. The number of aldehydes is 1. The van der Waals surface area contributed by atoms with Gasteiger partial charge in [0.05, 0.1) is 0 Å². The van der Waals surface area contributed by atoms with Crippen LogP contribution in [0.1, 0.15) is 16.1 Å². The van der Waals surface area contributed by atoms with E-state index >= 15 is 0 Å². The minimum atomic E-state index is 0.193. The Morgan fingerprint density at radius 2 is 1.94 bits per heavy atom. The van der Waals surface area contributed by atoms with Crippen LogP contribution >= 0.6 is 0 Å². The van der Waals surface area contributed by atoms with Gasteiger partial charge in [0.2, 0.25) is 0 Å². The molecule has 0 saturated heterocycles. The average molecular weight is 213 g/mol. The van der Waals surface area contributed by atoms with Gasteiger partial charge in [0.25, 0.3) is 0 Å². The van der Waals surface area contributed by atoms with E-state index in [0.717, 1.165) is 5.56 Å². The van der Waals surface area contributed by atoms with E-state index in [1.165, 1.54) is 0 Å². The number of phenolic OH excluding ortho intramolecular Hbond substituents is 1. The van der Waals surface area contributed by atoms with Crippen molar-refractivity contribution in [2.75, 3.05) is 0 Å². The molecule has 3 heteroatoms. The van der Waals surface area contributed by atoms with Crippen LogP contribution in [0.4, 0.5) is 0 Å². The normalized spacial score (nSPS) is 10.1. The summed E-state index contributed by atoms with van der Waals surface area (Å²) >= 11 is 0. The molecule has 80 valence electrons. The van der Waals surface area contributed by atoms with Gasteiger partial charge < -0.3 is 5.11 Å². The number of aromatic nitrogens is 1. The fourth-order valence-corrected chi connectivity index (χ4v) is 1.62. The largest absolute Gasteiger partial charge is 0.507 e. The molecular weight excluding hydrogens is 202 g/mol. The molecule has 2 aromatic rings. The van der Waals surface area contributed by atoms with Crippen molar-refractivity contribution in [2.45, 2.75) is 6.92 Å². The van der Waals surface area contributed by atoms with Crippen molar-refractivity contribution in [3.8, 4) is 16.9 Å². The van der Waals surface area contributed by atoms with Crippen molar-refractivity contribution in [3.63, 3.8) is 0 Å². The zero-order valence-electron chi connectivity index (χ0n) is 8.84. The van der Waals surface area contributed by atoms with Crippen molar-refractivity contribution in [1.29, 1.82) is 0 Å². The summed E-state index contributed by atoms with van der Waals surface area (Å²) < 4.78 is 0. The number of hydrogen-bond donors (Lipinski definition) is 1. The highest BCUT2D eigenvalue weighted by molar-refractivity contribution is 5.87. The molecule has 0 bridgehead atoms. The first kappa shape index (κ1) is 10.4. The van der Waals surface area contributed by atoms with E-state index in [1.54, 1.807) is 24.4 Å². The quantitative estimate of drug-likeness (QED) is 0.780. The van der Waals surface area contributed by atoms with Gasteiger partial charge in [0.1, 0.15) is 11.4 Å². The van der Waals surface area contributed by atoms with Crippen LogP contribution < -0.4 is 0 Å². The lowest BCUT2D eigenvalue weighted by Gasteiger charge is -2.08. The lowest BCUT2D eigenvalue weighted by molar-refractivity contribution is 0.111. The van der Waals surface area contributed by atoms with Crippen LogP contribution in [0.5, 0.6) is 5.75 Å². The maximum Gasteiger partial charge on any atom is 0.169 e. The standard InChI is InChI=1S/C13H11NO2/c1-9-4-2-5-11(13(9)16)10-6-3-7-14-12(10)8-15/h2-8,16H,1H3. The van der Waals surface area contributed by atoms with Gasteiger partial charge >= 0.3 is 0 Å². The number of nitrogens with zero attached hydrogens (tertiary/aromatic N) is 1. The summed E-state index contributed by atoms with van der Waals surface area (Å²) in [5.41, 5.74) is 2.40. The van der Waals surface area contributed by atoms with Gasteiger partial charge in [0.15, 0.2) is 6.29 Å². The number of aryl methyl sites for hydroxylation is 1. The Morgan fingerprint density at radius 1 is 1.19 bits per heavy atom. The number of hydrogen-bond acceptors (Lipinski definition) is 3. The minimum Gasteiger partial charge on any atom is -0.507 e. The fourth-order valence-electron chi connectivity index (χ4n) is 1.62. The van der Waals surface area contributed by atoms with Crippen LogP contribution in [0.15, 0.2) is 36.5 Å². The van der Waals surface area contributed by atoms with E-state index in [4.69, 9.17) is 0 Å². The molecule has 0 aliphatic heterocycles. The Hall–Kier alpha value is -2.16. The van der Waals surface area contributed by atoms with Gasteiger partial charge in [-0.25, -0.2) is 0 Å². The number of carbonyl (C=O) groups excluding carboxylic acids is 1. The Balaban J connectivity index is 2.67. The van der Waals surface area contributed by atoms with Gasteiger partial charge in [-0.15, -0.1) is 0 Å². The second kappa shape index (κ2) is 4.14. The third-order valence-corrected chi connectivity index (χ3v) is 2.48. The number of phenols is 1.